The number of benzene rings is 2. The molecule has 1 aromatic heterocycles. The van der Waals surface area contributed by atoms with Crippen LogP contribution in [0.3, 0.4) is 0 Å². The number of halogens is 1. The molecule has 5 nitrogen and oxygen atoms in total. The minimum atomic E-state index is -0.456. The number of anilines is 2. The van der Waals surface area contributed by atoms with E-state index < -0.39 is 17.6 Å². The summed E-state index contributed by atoms with van der Waals surface area (Å²) in [4.78, 5) is 29.2. The number of aromatic nitrogens is 1. The van der Waals surface area contributed by atoms with E-state index in [4.69, 9.17) is 0 Å². The van der Waals surface area contributed by atoms with E-state index in [1.165, 1.54) is 36.5 Å². The van der Waals surface area contributed by atoms with Crippen molar-refractivity contribution in [1.82, 2.24) is 4.98 Å². The predicted octanol–water partition coefficient (Wildman–Crippen LogP) is 5.02. The van der Waals surface area contributed by atoms with Crippen LogP contribution in [0.2, 0.25) is 0 Å². The SMILES string of the molecule is CC(C)(C)c1ccccc1NC(=O)c1cc(C(=O)Nc2cccc(F)c2)ccn1. The fourth-order valence-corrected chi connectivity index (χ4v) is 2.90. The molecule has 0 bridgehead atoms. The van der Waals surface area contributed by atoms with Crippen LogP contribution in [-0.2, 0) is 5.41 Å². The number of pyridine rings is 1. The molecular weight excluding hydrogens is 369 g/mol. The lowest BCUT2D eigenvalue weighted by molar-refractivity contribution is 0.102. The smallest absolute Gasteiger partial charge is 0.274 e. The molecule has 0 spiro atoms. The molecule has 2 N–H and O–H groups in total. The molecule has 0 aliphatic rings. The van der Waals surface area contributed by atoms with Gasteiger partial charge in [0, 0.05) is 23.1 Å². The summed E-state index contributed by atoms with van der Waals surface area (Å²) in [6.45, 7) is 6.19. The molecule has 0 unspecified atom stereocenters. The summed E-state index contributed by atoms with van der Waals surface area (Å²) in [5.74, 6) is -1.32. The van der Waals surface area contributed by atoms with Gasteiger partial charge in [0.15, 0.2) is 0 Å². The predicted molar refractivity (Wildman–Crippen MR) is 112 cm³/mol. The molecule has 29 heavy (non-hydrogen) atoms. The van der Waals surface area contributed by atoms with Crippen LogP contribution in [0.1, 0.15) is 47.2 Å². The Balaban J connectivity index is 1.79. The first-order chi connectivity index (χ1) is 13.7. The van der Waals surface area contributed by atoms with Gasteiger partial charge in [0.1, 0.15) is 11.5 Å². The van der Waals surface area contributed by atoms with Gasteiger partial charge in [0.25, 0.3) is 11.8 Å². The third-order valence-electron chi connectivity index (χ3n) is 4.32. The van der Waals surface area contributed by atoms with Crippen LogP contribution in [0.4, 0.5) is 15.8 Å². The summed E-state index contributed by atoms with van der Waals surface area (Å²) in [5.41, 5.74) is 2.23. The molecule has 6 heteroatoms. The molecule has 0 saturated carbocycles. The number of carbonyl (C=O) groups is 2. The topological polar surface area (TPSA) is 71.1 Å². The third-order valence-corrected chi connectivity index (χ3v) is 4.32. The van der Waals surface area contributed by atoms with Gasteiger partial charge in [-0.2, -0.15) is 0 Å². The van der Waals surface area contributed by atoms with Gasteiger partial charge in [-0.25, -0.2) is 4.39 Å². The van der Waals surface area contributed by atoms with E-state index >= 15 is 0 Å². The maximum Gasteiger partial charge on any atom is 0.274 e. The van der Waals surface area contributed by atoms with Crippen molar-refractivity contribution in [2.45, 2.75) is 26.2 Å². The molecule has 0 atom stereocenters. The lowest BCUT2D eigenvalue weighted by atomic mass is 9.86. The second-order valence-corrected chi connectivity index (χ2v) is 7.64. The van der Waals surface area contributed by atoms with Crippen LogP contribution >= 0.6 is 0 Å². The van der Waals surface area contributed by atoms with Crippen LogP contribution in [0.15, 0.2) is 66.9 Å². The maximum absolute atomic E-state index is 13.3. The van der Waals surface area contributed by atoms with Crippen LogP contribution in [0.25, 0.3) is 0 Å². The first-order valence-electron chi connectivity index (χ1n) is 9.18. The summed E-state index contributed by atoms with van der Waals surface area (Å²) in [7, 11) is 0. The van der Waals surface area contributed by atoms with Crippen molar-refractivity contribution >= 4 is 23.2 Å². The van der Waals surface area contributed by atoms with E-state index in [9.17, 15) is 14.0 Å². The summed E-state index contributed by atoms with van der Waals surface area (Å²) >= 11 is 0. The van der Waals surface area contributed by atoms with Crippen LogP contribution in [-0.4, -0.2) is 16.8 Å². The Hall–Kier alpha value is -3.54. The molecule has 2 aromatic carbocycles. The van der Waals surface area contributed by atoms with Crippen molar-refractivity contribution in [3.63, 3.8) is 0 Å². The molecule has 0 saturated heterocycles. The Morgan fingerprint density at radius 1 is 0.897 bits per heavy atom. The second kappa shape index (κ2) is 8.22. The van der Waals surface area contributed by atoms with Gasteiger partial charge in [-0.3, -0.25) is 14.6 Å². The fourth-order valence-electron chi connectivity index (χ4n) is 2.90. The molecule has 0 radical (unpaired) electrons. The lowest BCUT2D eigenvalue weighted by Crippen LogP contribution is -2.20. The molecule has 2 amide bonds. The minimum absolute atomic E-state index is 0.112. The second-order valence-electron chi connectivity index (χ2n) is 7.64. The molecule has 3 aromatic rings. The molecule has 3 rings (SSSR count). The van der Waals surface area contributed by atoms with Gasteiger partial charge in [-0.05, 0) is 47.4 Å². The summed E-state index contributed by atoms with van der Waals surface area (Å²) in [6.07, 6.45) is 1.39. The molecule has 0 fully saturated rings. The van der Waals surface area contributed by atoms with Gasteiger partial charge in [-0.15, -0.1) is 0 Å². The highest BCUT2D eigenvalue weighted by molar-refractivity contribution is 6.08. The van der Waals surface area contributed by atoms with E-state index in [1.54, 1.807) is 6.07 Å². The van der Waals surface area contributed by atoms with E-state index in [-0.39, 0.29) is 16.7 Å². The quantitative estimate of drug-likeness (QED) is 0.656. The molecule has 1 heterocycles. The monoisotopic (exact) mass is 391 g/mol. The fraction of sp³-hybridized carbons (Fsp3) is 0.174. The maximum atomic E-state index is 13.3. The Labute approximate surface area is 169 Å². The average molecular weight is 391 g/mol. The number of carbonyl (C=O) groups excluding carboxylic acids is 2. The van der Waals surface area contributed by atoms with Gasteiger partial charge >= 0.3 is 0 Å². The molecule has 0 aliphatic heterocycles. The zero-order valence-corrected chi connectivity index (χ0v) is 16.5. The number of hydrogen-bond acceptors (Lipinski definition) is 3. The Morgan fingerprint density at radius 3 is 2.38 bits per heavy atom. The number of hydrogen-bond donors (Lipinski definition) is 2. The van der Waals surface area contributed by atoms with Crippen molar-refractivity contribution in [2.75, 3.05) is 10.6 Å². The van der Waals surface area contributed by atoms with E-state index in [0.717, 1.165) is 5.56 Å². The molecule has 0 aliphatic carbocycles. The van der Waals surface area contributed by atoms with Gasteiger partial charge in [0.05, 0.1) is 0 Å². The van der Waals surface area contributed by atoms with E-state index in [0.29, 0.717) is 11.4 Å². The highest BCUT2D eigenvalue weighted by Crippen LogP contribution is 2.29. The molecular formula is C23H22FN3O2. The summed E-state index contributed by atoms with van der Waals surface area (Å²) < 4.78 is 13.3. The van der Waals surface area contributed by atoms with Crippen LogP contribution < -0.4 is 10.6 Å². The number of amides is 2. The van der Waals surface area contributed by atoms with E-state index in [2.05, 4.69) is 36.4 Å². The highest BCUT2D eigenvalue weighted by Gasteiger charge is 2.20. The van der Waals surface area contributed by atoms with Crippen molar-refractivity contribution in [3.8, 4) is 0 Å². The molecule has 148 valence electrons. The Bertz CT molecular complexity index is 1060. The van der Waals surface area contributed by atoms with Crippen LogP contribution in [0.5, 0.6) is 0 Å². The van der Waals surface area contributed by atoms with Crippen LogP contribution in [0, 0.1) is 5.82 Å². The summed E-state index contributed by atoms with van der Waals surface area (Å²) in [6, 6.07) is 16.1. The third kappa shape index (κ3) is 5.04. The van der Waals surface area contributed by atoms with E-state index in [1.807, 2.05) is 24.3 Å². The standard InChI is InChI=1S/C23H22FN3O2/c1-23(2,3)18-9-4-5-10-19(18)27-22(29)20-13-15(11-12-25-20)21(28)26-17-8-6-7-16(24)14-17/h4-14H,1-3H3,(H,26,28)(H,27,29). The van der Waals surface area contributed by atoms with Gasteiger partial charge in [-0.1, -0.05) is 45.0 Å². The first kappa shape index (κ1) is 20.2. The van der Waals surface area contributed by atoms with Crippen molar-refractivity contribution < 1.29 is 14.0 Å². The summed E-state index contributed by atoms with van der Waals surface area (Å²) in [5, 5.41) is 5.48. The number of para-hydroxylation sites is 1. The van der Waals surface area contributed by atoms with Crippen molar-refractivity contribution in [3.05, 3.63) is 89.5 Å². The van der Waals surface area contributed by atoms with Gasteiger partial charge < -0.3 is 10.6 Å². The minimum Gasteiger partial charge on any atom is -0.322 e. The first-order valence-corrected chi connectivity index (χ1v) is 9.18. The Morgan fingerprint density at radius 2 is 1.66 bits per heavy atom. The Kier molecular flexibility index (Phi) is 5.73. The number of rotatable bonds is 4. The zero-order valence-electron chi connectivity index (χ0n) is 16.5. The lowest BCUT2D eigenvalue weighted by Gasteiger charge is -2.22. The average Bonchev–Trinajstić information content (AvgIpc) is 2.67. The number of nitrogens with one attached hydrogen (secondary N) is 2. The van der Waals surface area contributed by atoms with Gasteiger partial charge in [0.2, 0.25) is 0 Å². The zero-order chi connectivity index (χ0) is 21.0. The largest absolute Gasteiger partial charge is 0.322 e. The van der Waals surface area contributed by atoms with Crippen molar-refractivity contribution in [1.29, 1.82) is 0 Å². The number of nitrogens with zero attached hydrogens (tertiary/aromatic N) is 1. The highest BCUT2D eigenvalue weighted by atomic mass is 19.1. The van der Waals surface area contributed by atoms with Crippen molar-refractivity contribution in [2.24, 2.45) is 0 Å². The normalized spacial score (nSPS) is 11.0.